The smallest absolute Gasteiger partial charge is 0.143 e. The minimum absolute atomic E-state index is 0.457. The third-order valence-corrected chi connectivity index (χ3v) is 2.87. The van der Waals surface area contributed by atoms with Crippen LogP contribution in [0.5, 0.6) is 0 Å². The molecule has 2 rings (SSSR count). The summed E-state index contributed by atoms with van der Waals surface area (Å²) in [6.07, 6.45) is 0. The summed E-state index contributed by atoms with van der Waals surface area (Å²) in [6, 6.07) is 7.47. The number of aromatic nitrogens is 1. The minimum Gasteiger partial charge on any atom is -0.399 e. The van der Waals surface area contributed by atoms with Crippen molar-refractivity contribution in [3.63, 3.8) is 0 Å². The van der Waals surface area contributed by atoms with Crippen LogP contribution in [0, 0.1) is 0 Å². The Labute approximate surface area is 88.8 Å². The van der Waals surface area contributed by atoms with Crippen LogP contribution >= 0.6 is 27.5 Å². The molecule has 2 aromatic rings. The van der Waals surface area contributed by atoms with Crippen molar-refractivity contribution in [1.82, 2.24) is 4.98 Å². The molecule has 0 unspecified atom stereocenters. The first-order valence-electron chi connectivity index (χ1n) is 3.68. The average Bonchev–Trinajstić information content (AvgIpc) is 2.08. The summed E-state index contributed by atoms with van der Waals surface area (Å²) in [5, 5.41) is 1.48. The Morgan fingerprint density at radius 2 is 2.08 bits per heavy atom. The largest absolute Gasteiger partial charge is 0.399 e. The van der Waals surface area contributed by atoms with Gasteiger partial charge in [-0.1, -0.05) is 17.7 Å². The molecule has 0 aliphatic heterocycles. The van der Waals surface area contributed by atoms with E-state index >= 15 is 0 Å². The quantitative estimate of drug-likeness (QED) is 0.581. The molecule has 4 heteroatoms. The van der Waals surface area contributed by atoms with Gasteiger partial charge < -0.3 is 5.73 Å². The van der Waals surface area contributed by atoms with Gasteiger partial charge in [-0.15, -0.1) is 0 Å². The van der Waals surface area contributed by atoms with E-state index in [4.69, 9.17) is 17.3 Å². The summed E-state index contributed by atoms with van der Waals surface area (Å²) >= 11 is 9.15. The normalized spacial score (nSPS) is 10.6. The van der Waals surface area contributed by atoms with Crippen LogP contribution in [-0.2, 0) is 0 Å². The van der Waals surface area contributed by atoms with Crippen molar-refractivity contribution in [3.8, 4) is 0 Å². The zero-order chi connectivity index (χ0) is 9.42. The third kappa shape index (κ3) is 1.62. The Kier molecular flexibility index (Phi) is 2.14. The van der Waals surface area contributed by atoms with Crippen molar-refractivity contribution < 1.29 is 0 Å². The summed E-state index contributed by atoms with van der Waals surface area (Å²) in [4.78, 5) is 4.17. The van der Waals surface area contributed by atoms with Crippen LogP contribution in [-0.4, -0.2) is 4.98 Å². The van der Waals surface area contributed by atoms with Gasteiger partial charge in [-0.3, -0.25) is 0 Å². The first kappa shape index (κ1) is 8.78. The van der Waals surface area contributed by atoms with Gasteiger partial charge in [0.15, 0.2) is 0 Å². The first-order chi connectivity index (χ1) is 6.16. The molecular weight excluding hydrogens is 251 g/mol. The maximum absolute atomic E-state index is 5.84. The maximum Gasteiger partial charge on any atom is 0.143 e. The highest BCUT2D eigenvalue weighted by Gasteiger charge is 2.01. The molecule has 0 fully saturated rings. The van der Waals surface area contributed by atoms with E-state index in [1.54, 1.807) is 6.07 Å². The second-order valence-electron chi connectivity index (χ2n) is 2.71. The van der Waals surface area contributed by atoms with Crippen molar-refractivity contribution in [2.75, 3.05) is 5.73 Å². The zero-order valence-electron chi connectivity index (χ0n) is 6.59. The molecule has 0 amide bonds. The maximum atomic E-state index is 5.84. The van der Waals surface area contributed by atoms with Crippen LogP contribution in [0.1, 0.15) is 0 Å². The molecule has 1 heterocycles. The molecule has 0 saturated heterocycles. The second-order valence-corrected chi connectivity index (χ2v) is 3.93. The molecule has 66 valence electrons. The third-order valence-electron chi connectivity index (χ3n) is 1.75. The molecule has 2 nitrogen and oxygen atoms in total. The molecule has 1 aromatic heterocycles. The summed E-state index contributed by atoms with van der Waals surface area (Å²) in [7, 11) is 0. The Balaban J connectivity index is 2.81. The highest BCUT2D eigenvalue weighted by Crippen LogP contribution is 2.25. The van der Waals surface area contributed by atoms with E-state index in [1.807, 2.05) is 18.2 Å². The number of benzene rings is 1. The van der Waals surface area contributed by atoms with E-state index < -0.39 is 0 Å². The van der Waals surface area contributed by atoms with E-state index in [0.29, 0.717) is 10.8 Å². The fraction of sp³-hybridized carbons (Fsp3) is 0. The van der Waals surface area contributed by atoms with E-state index in [9.17, 15) is 0 Å². The van der Waals surface area contributed by atoms with Crippen molar-refractivity contribution in [2.45, 2.75) is 0 Å². The van der Waals surface area contributed by atoms with Gasteiger partial charge in [0.2, 0.25) is 0 Å². The number of nitrogens with zero attached hydrogens (tertiary/aromatic N) is 1. The number of pyridine rings is 1. The summed E-state index contributed by atoms with van der Waals surface area (Å²) < 4.78 is 0.798. The SMILES string of the molecule is Nc1ccc2cc(Br)c(Cl)nc2c1. The zero-order valence-corrected chi connectivity index (χ0v) is 8.93. The molecule has 0 saturated carbocycles. The molecule has 0 radical (unpaired) electrons. The van der Waals surface area contributed by atoms with Crippen molar-refractivity contribution >= 4 is 44.1 Å². The highest BCUT2D eigenvalue weighted by atomic mass is 79.9. The number of hydrogen-bond donors (Lipinski definition) is 1. The Morgan fingerprint density at radius 3 is 2.85 bits per heavy atom. The van der Waals surface area contributed by atoms with Crippen LogP contribution in [0.2, 0.25) is 5.15 Å². The van der Waals surface area contributed by atoms with Gasteiger partial charge in [-0.25, -0.2) is 4.98 Å². The lowest BCUT2D eigenvalue weighted by atomic mass is 10.2. The van der Waals surface area contributed by atoms with Crippen molar-refractivity contribution in [3.05, 3.63) is 33.9 Å². The van der Waals surface area contributed by atoms with Crippen molar-refractivity contribution in [1.29, 1.82) is 0 Å². The molecular formula is C9H6BrClN2. The molecule has 0 atom stereocenters. The fourth-order valence-electron chi connectivity index (χ4n) is 1.13. The summed E-state index contributed by atoms with van der Waals surface area (Å²) in [6.45, 7) is 0. The molecule has 1 aromatic carbocycles. The van der Waals surface area contributed by atoms with Crippen molar-refractivity contribution in [2.24, 2.45) is 0 Å². The standard InChI is InChI=1S/C9H6BrClN2/c10-7-3-5-1-2-6(12)4-8(5)13-9(7)11/h1-4H,12H2. The second kappa shape index (κ2) is 3.16. The lowest BCUT2D eigenvalue weighted by molar-refractivity contribution is 1.39. The first-order valence-corrected chi connectivity index (χ1v) is 4.85. The molecule has 13 heavy (non-hydrogen) atoms. The van der Waals surface area contributed by atoms with Gasteiger partial charge >= 0.3 is 0 Å². The van der Waals surface area contributed by atoms with Gasteiger partial charge in [0.05, 0.1) is 9.99 Å². The van der Waals surface area contributed by atoms with E-state index in [-0.39, 0.29) is 0 Å². The highest BCUT2D eigenvalue weighted by molar-refractivity contribution is 9.10. The molecule has 0 aliphatic rings. The van der Waals surface area contributed by atoms with Gasteiger partial charge in [-0.2, -0.15) is 0 Å². The Bertz CT molecular complexity index is 470. The van der Waals surface area contributed by atoms with Gasteiger partial charge in [0.25, 0.3) is 0 Å². The number of fused-ring (bicyclic) bond motifs is 1. The fourth-order valence-corrected chi connectivity index (χ4v) is 1.62. The van der Waals surface area contributed by atoms with E-state index in [2.05, 4.69) is 20.9 Å². The number of nitrogens with two attached hydrogens (primary N) is 1. The predicted molar refractivity (Wildman–Crippen MR) is 58.9 cm³/mol. The number of anilines is 1. The van der Waals surface area contributed by atoms with Crippen LogP contribution < -0.4 is 5.73 Å². The van der Waals surface area contributed by atoms with Crippen LogP contribution in [0.3, 0.4) is 0 Å². The molecule has 0 bridgehead atoms. The molecule has 2 N–H and O–H groups in total. The minimum atomic E-state index is 0.457. The molecule has 0 aliphatic carbocycles. The monoisotopic (exact) mass is 256 g/mol. The lowest BCUT2D eigenvalue weighted by Crippen LogP contribution is -1.86. The summed E-state index contributed by atoms with van der Waals surface area (Å²) in [5.41, 5.74) is 7.12. The van der Waals surface area contributed by atoms with E-state index in [1.165, 1.54) is 0 Å². The number of rotatable bonds is 0. The van der Waals surface area contributed by atoms with Gasteiger partial charge in [0, 0.05) is 11.1 Å². The van der Waals surface area contributed by atoms with Crippen LogP contribution in [0.25, 0.3) is 10.9 Å². The summed E-state index contributed by atoms with van der Waals surface area (Å²) in [5.74, 6) is 0. The topological polar surface area (TPSA) is 38.9 Å². The van der Waals surface area contributed by atoms with Crippen LogP contribution in [0.15, 0.2) is 28.7 Å². The van der Waals surface area contributed by atoms with Gasteiger partial charge in [-0.05, 0) is 34.1 Å². The van der Waals surface area contributed by atoms with Crippen LogP contribution in [0.4, 0.5) is 5.69 Å². The predicted octanol–water partition coefficient (Wildman–Crippen LogP) is 3.23. The number of nitrogen functional groups attached to an aromatic ring is 1. The Hall–Kier alpha value is -0.800. The van der Waals surface area contributed by atoms with E-state index in [0.717, 1.165) is 15.4 Å². The lowest BCUT2D eigenvalue weighted by Gasteiger charge is -2.00. The Morgan fingerprint density at radius 1 is 1.31 bits per heavy atom. The number of halogens is 2. The average molecular weight is 258 g/mol. The number of hydrogen-bond acceptors (Lipinski definition) is 2. The van der Waals surface area contributed by atoms with Gasteiger partial charge in [0.1, 0.15) is 5.15 Å². The molecule has 0 spiro atoms.